The van der Waals surface area contributed by atoms with Crippen LogP contribution in [0.1, 0.15) is 19.3 Å². The second-order valence-electron chi connectivity index (χ2n) is 4.76. The first-order chi connectivity index (χ1) is 7.84. The van der Waals surface area contributed by atoms with Crippen LogP contribution >= 0.6 is 0 Å². The van der Waals surface area contributed by atoms with Crippen molar-refractivity contribution in [3.8, 4) is 0 Å². The molecule has 0 spiro atoms. The van der Waals surface area contributed by atoms with Crippen LogP contribution in [0.5, 0.6) is 0 Å². The summed E-state index contributed by atoms with van der Waals surface area (Å²) in [7, 11) is 0. The van der Waals surface area contributed by atoms with Gasteiger partial charge in [0.15, 0.2) is 0 Å². The molecule has 4 N–H and O–H groups in total. The molecule has 2 aliphatic rings. The van der Waals surface area contributed by atoms with Crippen molar-refractivity contribution in [1.29, 1.82) is 0 Å². The number of rotatable bonds is 3. The molecule has 0 aromatic heterocycles. The summed E-state index contributed by atoms with van der Waals surface area (Å²) in [6, 6.07) is 0.288. The third-order valence-corrected chi connectivity index (χ3v) is 3.35. The molecular weight excluding hydrogens is 204 g/mol. The van der Waals surface area contributed by atoms with Crippen molar-refractivity contribution >= 4 is 6.03 Å². The lowest BCUT2D eigenvalue weighted by Gasteiger charge is -2.24. The minimum Gasteiger partial charge on any atom is -0.338 e. The monoisotopic (exact) mass is 226 g/mol. The molecule has 5 nitrogen and oxygen atoms in total. The van der Waals surface area contributed by atoms with Crippen LogP contribution in [-0.4, -0.2) is 44.8 Å². The Morgan fingerprint density at radius 3 is 2.75 bits per heavy atom. The van der Waals surface area contributed by atoms with Crippen molar-refractivity contribution in [3.63, 3.8) is 0 Å². The molecule has 2 heterocycles. The van der Waals surface area contributed by atoms with Gasteiger partial charge in [-0.1, -0.05) is 0 Å². The van der Waals surface area contributed by atoms with Crippen LogP contribution in [0.3, 0.4) is 0 Å². The highest BCUT2D eigenvalue weighted by molar-refractivity contribution is 5.74. The van der Waals surface area contributed by atoms with Crippen LogP contribution in [-0.2, 0) is 0 Å². The second kappa shape index (κ2) is 6.06. The Hall–Kier alpha value is -0.810. The van der Waals surface area contributed by atoms with Crippen molar-refractivity contribution in [2.75, 3.05) is 32.7 Å². The molecule has 0 bridgehead atoms. The predicted octanol–water partition coefficient (Wildman–Crippen LogP) is -0.353. The summed E-state index contributed by atoms with van der Waals surface area (Å²) in [6.07, 6.45) is 3.41. The number of hydrogen-bond donors (Lipinski definition) is 4. The maximum Gasteiger partial charge on any atom is 0.315 e. The Morgan fingerprint density at radius 1 is 1.19 bits per heavy atom. The molecule has 2 rings (SSSR count). The Morgan fingerprint density at radius 2 is 2.06 bits per heavy atom. The lowest BCUT2D eigenvalue weighted by molar-refractivity contribution is 0.232. The lowest BCUT2D eigenvalue weighted by atomic mass is 10.1. The zero-order valence-electron chi connectivity index (χ0n) is 9.72. The van der Waals surface area contributed by atoms with E-state index in [4.69, 9.17) is 0 Å². The maximum absolute atomic E-state index is 11.6. The van der Waals surface area contributed by atoms with Crippen LogP contribution in [0, 0.1) is 5.92 Å². The van der Waals surface area contributed by atoms with Gasteiger partial charge in [-0.2, -0.15) is 0 Å². The molecule has 0 saturated carbocycles. The Kier molecular flexibility index (Phi) is 4.42. The molecule has 2 atom stereocenters. The van der Waals surface area contributed by atoms with Crippen molar-refractivity contribution in [2.24, 2.45) is 5.92 Å². The molecule has 2 aliphatic heterocycles. The fraction of sp³-hybridized carbons (Fsp3) is 0.909. The normalized spacial score (nSPS) is 30.0. The zero-order chi connectivity index (χ0) is 11.2. The molecule has 0 aromatic rings. The molecule has 2 fully saturated rings. The van der Waals surface area contributed by atoms with Gasteiger partial charge in [-0.15, -0.1) is 0 Å². The number of piperidine rings is 1. The fourth-order valence-corrected chi connectivity index (χ4v) is 2.34. The number of urea groups is 1. The SMILES string of the molecule is O=C(NCC1CCNC1)NC1CCCNC1. The van der Waals surface area contributed by atoms with Gasteiger partial charge in [-0.25, -0.2) is 4.79 Å². The molecule has 5 heteroatoms. The standard InChI is InChI=1S/C11H22N4O/c16-11(14-7-9-3-5-13-6-9)15-10-2-1-4-12-8-10/h9-10,12-13H,1-8H2,(H2,14,15,16). The molecule has 0 aromatic carbocycles. The summed E-state index contributed by atoms with van der Waals surface area (Å²) in [5.41, 5.74) is 0. The third-order valence-electron chi connectivity index (χ3n) is 3.35. The van der Waals surface area contributed by atoms with Gasteiger partial charge in [0.2, 0.25) is 0 Å². The summed E-state index contributed by atoms with van der Waals surface area (Å²) in [5, 5.41) is 12.5. The van der Waals surface area contributed by atoms with Crippen LogP contribution < -0.4 is 21.3 Å². The van der Waals surface area contributed by atoms with E-state index in [-0.39, 0.29) is 6.03 Å². The van der Waals surface area contributed by atoms with E-state index in [2.05, 4.69) is 21.3 Å². The largest absolute Gasteiger partial charge is 0.338 e. The number of nitrogens with one attached hydrogen (secondary N) is 4. The topological polar surface area (TPSA) is 65.2 Å². The van der Waals surface area contributed by atoms with Gasteiger partial charge in [0.1, 0.15) is 0 Å². The van der Waals surface area contributed by atoms with E-state index in [1.54, 1.807) is 0 Å². The van der Waals surface area contributed by atoms with E-state index < -0.39 is 0 Å². The Balaban J connectivity index is 1.59. The van der Waals surface area contributed by atoms with Gasteiger partial charge in [0, 0.05) is 19.1 Å². The smallest absolute Gasteiger partial charge is 0.315 e. The summed E-state index contributed by atoms with van der Waals surface area (Å²) < 4.78 is 0. The van der Waals surface area contributed by atoms with E-state index in [0.29, 0.717) is 12.0 Å². The fourth-order valence-electron chi connectivity index (χ4n) is 2.34. The highest BCUT2D eigenvalue weighted by atomic mass is 16.2. The van der Waals surface area contributed by atoms with E-state index in [9.17, 15) is 4.79 Å². The van der Waals surface area contributed by atoms with Crippen LogP contribution in [0.2, 0.25) is 0 Å². The van der Waals surface area contributed by atoms with Crippen molar-refractivity contribution in [3.05, 3.63) is 0 Å². The van der Waals surface area contributed by atoms with Gasteiger partial charge in [0.05, 0.1) is 0 Å². The van der Waals surface area contributed by atoms with Gasteiger partial charge in [-0.05, 0) is 44.8 Å². The molecule has 0 aliphatic carbocycles. The average molecular weight is 226 g/mol. The summed E-state index contributed by atoms with van der Waals surface area (Å²) in [5.74, 6) is 0.607. The molecule has 2 amide bonds. The van der Waals surface area contributed by atoms with E-state index in [0.717, 1.165) is 45.6 Å². The third kappa shape index (κ3) is 3.64. The van der Waals surface area contributed by atoms with Crippen molar-refractivity contribution in [2.45, 2.75) is 25.3 Å². The minimum atomic E-state index is -0.0133. The number of amides is 2. The van der Waals surface area contributed by atoms with Crippen LogP contribution in [0.4, 0.5) is 4.79 Å². The molecular formula is C11H22N4O. The quantitative estimate of drug-likeness (QED) is 0.532. The first-order valence-electron chi connectivity index (χ1n) is 6.30. The van der Waals surface area contributed by atoms with Gasteiger partial charge >= 0.3 is 6.03 Å². The lowest BCUT2D eigenvalue weighted by Crippen LogP contribution is -2.49. The number of carbonyl (C=O) groups is 1. The second-order valence-corrected chi connectivity index (χ2v) is 4.76. The highest BCUT2D eigenvalue weighted by Gasteiger charge is 2.17. The summed E-state index contributed by atoms with van der Waals surface area (Å²) >= 11 is 0. The number of carbonyl (C=O) groups excluding carboxylic acids is 1. The minimum absolute atomic E-state index is 0.0133. The average Bonchev–Trinajstić information content (AvgIpc) is 2.81. The maximum atomic E-state index is 11.6. The summed E-state index contributed by atoms with van der Waals surface area (Å²) in [4.78, 5) is 11.6. The van der Waals surface area contributed by atoms with E-state index >= 15 is 0 Å². The first-order valence-corrected chi connectivity index (χ1v) is 6.30. The van der Waals surface area contributed by atoms with Crippen LogP contribution in [0.25, 0.3) is 0 Å². The summed E-state index contributed by atoms with van der Waals surface area (Å²) in [6.45, 7) is 4.89. The Labute approximate surface area is 96.7 Å². The van der Waals surface area contributed by atoms with Gasteiger partial charge in [-0.3, -0.25) is 0 Å². The van der Waals surface area contributed by atoms with Crippen LogP contribution in [0.15, 0.2) is 0 Å². The van der Waals surface area contributed by atoms with Gasteiger partial charge < -0.3 is 21.3 Å². The van der Waals surface area contributed by atoms with E-state index in [1.807, 2.05) is 0 Å². The molecule has 92 valence electrons. The molecule has 16 heavy (non-hydrogen) atoms. The molecule has 2 saturated heterocycles. The van der Waals surface area contributed by atoms with Crippen molar-refractivity contribution in [1.82, 2.24) is 21.3 Å². The predicted molar refractivity (Wildman–Crippen MR) is 63.4 cm³/mol. The van der Waals surface area contributed by atoms with Gasteiger partial charge in [0.25, 0.3) is 0 Å². The number of hydrogen-bond acceptors (Lipinski definition) is 3. The molecule has 0 radical (unpaired) electrons. The van der Waals surface area contributed by atoms with Crippen molar-refractivity contribution < 1.29 is 4.79 Å². The highest BCUT2D eigenvalue weighted by Crippen LogP contribution is 2.05. The Bertz CT molecular complexity index is 222. The zero-order valence-corrected chi connectivity index (χ0v) is 9.72. The molecule has 2 unspecified atom stereocenters. The first kappa shape index (κ1) is 11.7. The van der Waals surface area contributed by atoms with E-state index in [1.165, 1.54) is 6.42 Å².